The van der Waals surface area contributed by atoms with E-state index in [0.29, 0.717) is 0 Å². The van der Waals surface area contributed by atoms with Crippen molar-refractivity contribution in [3.63, 3.8) is 0 Å². The van der Waals surface area contributed by atoms with Crippen molar-refractivity contribution in [1.29, 1.82) is 0 Å². The lowest BCUT2D eigenvalue weighted by atomic mass is 9.99. The summed E-state index contributed by atoms with van der Waals surface area (Å²) in [6, 6.07) is 12.7. The van der Waals surface area contributed by atoms with E-state index in [4.69, 9.17) is 4.74 Å². The summed E-state index contributed by atoms with van der Waals surface area (Å²) < 4.78 is 5.53. The molecule has 0 unspecified atom stereocenters. The molecule has 2 heteroatoms. The van der Waals surface area contributed by atoms with Crippen LogP contribution in [0.4, 0.5) is 5.69 Å². The molecule has 2 aromatic rings. The maximum Gasteiger partial charge on any atom is 0.129 e. The Kier molecular flexibility index (Phi) is 3.56. The fourth-order valence-electron chi connectivity index (χ4n) is 2.26. The molecule has 0 aliphatic carbocycles. The zero-order valence-corrected chi connectivity index (χ0v) is 11.4. The van der Waals surface area contributed by atoms with Crippen molar-refractivity contribution in [3.8, 4) is 16.9 Å². The van der Waals surface area contributed by atoms with Gasteiger partial charge in [-0.1, -0.05) is 18.2 Å². The molecule has 0 aliphatic rings. The molecule has 0 atom stereocenters. The van der Waals surface area contributed by atoms with Crippen LogP contribution in [0.25, 0.3) is 11.1 Å². The Hall–Kier alpha value is -1.96. The topological polar surface area (TPSA) is 21.3 Å². The number of nitrogens with one attached hydrogen (secondary N) is 1. The van der Waals surface area contributed by atoms with Crippen LogP contribution in [0.2, 0.25) is 0 Å². The third kappa shape index (κ3) is 2.33. The molecular formula is C16H19NO. The number of aryl methyl sites for hydroxylation is 2. The van der Waals surface area contributed by atoms with Crippen LogP contribution in [-0.4, -0.2) is 14.2 Å². The smallest absolute Gasteiger partial charge is 0.129 e. The molecular weight excluding hydrogens is 222 g/mol. The van der Waals surface area contributed by atoms with Crippen LogP contribution in [0.15, 0.2) is 36.4 Å². The van der Waals surface area contributed by atoms with Crippen LogP contribution in [0.3, 0.4) is 0 Å². The van der Waals surface area contributed by atoms with E-state index in [1.807, 2.05) is 7.05 Å². The quantitative estimate of drug-likeness (QED) is 0.876. The van der Waals surface area contributed by atoms with Crippen LogP contribution in [0.5, 0.6) is 5.75 Å². The third-order valence-corrected chi connectivity index (χ3v) is 3.11. The molecule has 0 amide bonds. The Bertz CT molecular complexity index is 544. The van der Waals surface area contributed by atoms with E-state index < -0.39 is 0 Å². The van der Waals surface area contributed by atoms with Gasteiger partial charge < -0.3 is 10.1 Å². The number of methoxy groups -OCH3 is 1. The molecule has 0 saturated carbocycles. The first-order chi connectivity index (χ1) is 8.65. The summed E-state index contributed by atoms with van der Waals surface area (Å²) in [4.78, 5) is 0. The van der Waals surface area contributed by atoms with Gasteiger partial charge in [0.05, 0.1) is 7.11 Å². The Morgan fingerprint density at radius 3 is 2.22 bits per heavy atom. The predicted molar refractivity (Wildman–Crippen MR) is 77.5 cm³/mol. The molecule has 0 aromatic heterocycles. The van der Waals surface area contributed by atoms with E-state index in [0.717, 1.165) is 17.0 Å². The summed E-state index contributed by atoms with van der Waals surface area (Å²) in [5.74, 6) is 0.956. The lowest BCUT2D eigenvalue weighted by Gasteiger charge is -2.13. The number of ether oxygens (including phenoxy) is 1. The Labute approximate surface area is 109 Å². The highest BCUT2D eigenvalue weighted by atomic mass is 16.5. The molecule has 0 bridgehead atoms. The monoisotopic (exact) mass is 241 g/mol. The van der Waals surface area contributed by atoms with Crippen LogP contribution >= 0.6 is 0 Å². The normalized spacial score (nSPS) is 10.2. The van der Waals surface area contributed by atoms with E-state index in [1.165, 1.54) is 16.7 Å². The zero-order chi connectivity index (χ0) is 13.1. The van der Waals surface area contributed by atoms with Crippen molar-refractivity contribution in [2.75, 3.05) is 19.5 Å². The van der Waals surface area contributed by atoms with Crippen LogP contribution in [-0.2, 0) is 0 Å². The van der Waals surface area contributed by atoms with E-state index in [9.17, 15) is 0 Å². The van der Waals surface area contributed by atoms with Gasteiger partial charge >= 0.3 is 0 Å². The Morgan fingerprint density at radius 1 is 1.00 bits per heavy atom. The average Bonchev–Trinajstić information content (AvgIpc) is 2.38. The number of benzene rings is 2. The summed E-state index contributed by atoms with van der Waals surface area (Å²) >= 11 is 0. The molecule has 0 aliphatic heterocycles. The van der Waals surface area contributed by atoms with Crippen LogP contribution in [0, 0.1) is 13.8 Å². The minimum Gasteiger partial charge on any atom is -0.496 e. The second-order valence-electron chi connectivity index (χ2n) is 4.49. The van der Waals surface area contributed by atoms with Gasteiger partial charge in [0.2, 0.25) is 0 Å². The van der Waals surface area contributed by atoms with Crippen LogP contribution in [0.1, 0.15) is 11.1 Å². The highest BCUT2D eigenvalue weighted by Crippen LogP contribution is 2.34. The first-order valence-electron chi connectivity index (χ1n) is 6.09. The number of hydrogen-bond donors (Lipinski definition) is 1. The van der Waals surface area contributed by atoms with Gasteiger partial charge in [-0.25, -0.2) is 0 Å². The van der Waals surface area contributed by atoms with Crippen molar-refractivity contribution in [3.05, 3.63) is 47.5 Å². The van der Waals surface area contributed by atoms with E-state index in [1.54, 1.807) is 7.11 Å². The van der Waals surface area contributed by atoms with E-state index in [2.05, 4.69) is 55.6 Å². The lowest BCUT2D eigenvalue weighted by Crippen LogP contribution is -1.93. The van der Waals surface area contributed by atoms with Crippen molar-refractivity contribution in [2.45, 2.75) is 13.8 Å². The van der Waals surface area contributed by atoms with Crippen molar-refractivity contribution in [2.24, 2.45) is 0 Å². The maximum atomic E-state index is 5.53. The van der Waals surface area contributed by atoms with Gasteiger partial charge in [-0.2, -0.15) is 0 Å². The minimum atomic E-state index is 0.956. The van der Waals surface area contributed by atoms with Gasteiger partial charge in [-0.15, -0.1) is 0 Å². The first kappa shape index (κ1) is 12.5. The molecule has 1 N–H and O–H groups in total. The van der Waals surface area contributed by atoms with Gasteiger partial charge in [0.15, 0.2) is 0 Å². The van der Waals surface area contributed by atoms with Crippen molar-refractivity contribution >= 4 is 5.69 Å². The van der Waals surface area contributed by atoms with Crippen LogP contribution < -0.4 is 10.1 Å². The average molecular weight is 241 g/mol. The molecule has 2 nitrogen and oxygen atoms in total. The highest BCUT2D eigenvalue weighted by Gasteiger charge is 2.09. The van der Waals surface area contributed by atoms with Gasteiger partial charge in [0, 0.05) is 18.3 Å². The maximum absolute atomic E-state index is 5.53. The molecule has 0 heterocycles. The fourth-order valence-corrected chi connectivity index (χ4v) is 2.26. The number of hydrogen-bond acceptors (Lipinski definition) is 2. The largest absolute Gasteiger partial charge is 0.496 e. The summed E-state index contributed by atoms with van der Waals surface area (Å²) in [5.41, 5.74) is 5.86. The summed E-state index contributed by atoms with van der Waals surface area (Å²) in [7, 11) is 3.65. The second kappa shape index (κ2) is 5.13. The van der Waals surface area contributed by atoms with E-state index in [-0.39, 0.29) is 0 Å². The van der Waals surface area contributed by atoms with Gasteiger partial charge in [-0.3, -0.25) is 0 Å². The molecule has 18 heavy (non-hydrogen) atoms. The standard InChI is InChI=1S/C16H19NO/c1-11-9-12(2)16(18-4)15(10-11)13-5-7-14(17-3)8-6-13/h5-10,17H,1-4H3. The van der Waals surface area contributed by atoms with Crippen molar-refractivity contribution in [1.82, 2.24) is 0 Å². The molecule has 0 fully saturated rings. The zero-order valence-electron chi connectivity index (χ0n) is 11.4. The third-order valence-electron chi connectivity index (χ3n) is 3.11. The highest BCUT2D eigenvalue weighted by molar-refractivity contribution is 5.74. The Balaban J connectivity index is 2.54. The fraction of sp³-hybridized carbons (Fsp3) is 0.250. The molecule has 0 spiro atoms. The summed E-state index contributed by atoms with van der Waals surface area (Å²) in [6.07, 6.45) is 0. The Morgan fingerprint density at radius 2 is 1.67 bits per heavy atom. The minimum absolute atomic E-state index is 0.956. The van der Waals surface area contributed by atoms with E-state index >= 15 is 0 Å². The molecule has 0 radical (unpaired) electrons. The molecule has 2 aromatic carbocycles. The summed E-state index contributed by atoms with van der Waals surface area (Å²) in [6.45, 7) is 4.19. The first-order valence-corrected chi connectivity index (χ1v) is 6.09. The predicted octanol–water partition coefficient (Wildman–Crippen LogP) is 4.02. The molecule has 94 valence electrons. The number of rotatable bonds is 3. The van der Waals surface area contributed by atoms with Gasteiger partial charge in [-0.05, 0) is 48.7 Å². The number of anilines is 1. The van der Waals surface area contributed by atoms with Gasteiger partial charge in [0.25, 0.3) is 0 Å². The molecule has 0 saturated heterocycles. The lowest BCUT2D eigenvalue weighted by molar-refractivity contribution is 0.413. The SMILES string of the molecule is CNc1ccc(-c2cc(C)cc(C)c2OC)cc1. The van der Waals surface area contributed by atoms with Crippen molar-refractivity contribution < 1.29 is 4.74 Å². The summed E-state index contributed by atoms with van der Waals surface area (Å²) in [5, 5.41) is 3.13. The molecule has 2 rings (SSSR count). The van der Waals surface area contributed by atoms with Gasteiger partial charge in [0.1, 0.15) is 5.75 Å². The second-order valence-corrected chi connectivity index (χ2v) is 4.49.